The fourth-order valence-electron chi connectivity index (χ4n) is 2.80. The number of carbonyl (C=O) groups is 2. The molecule has 2 aliphatic heterocycles. The number of hydrogen-bond acceptors (Lipinski definition) is 3. The minimum atomic E-state index is -0.754. The number of urea groups is 1. The fourth-order valence-corrected chi connectivity index (χ4v) is 2.80. The van der Waals surface area contributed by atoms with E-state index in [1.54, 1.807) is 4.90 Å². The van der Waals surface area contributed by atoms with Crippen LogP contribution in [-0.4, -0.2) is 53.8 Å². The van der Waals surface area contributed by atoms with Crippen LogP contribution in [0.4, 0.5) is 4.79 Å². The highest BCUT2D eigenvalue weighted by Gasteiger charge is 2.31. The molecule has 0 aromatic carbocycles. The Morgan fingerprint density at radius 3 is 2.58 bits per heavy atom. The lowest BCUT2D eigenvalue weighted by molar-refractivity contribution is -0.143. The van der Waals surface area contributed by atoms with Crippen molar-refractivity contribution in [3.63, 3.8) is 0 Å². The second-order valence-electron chi connectivity index (χ2n) is 5.26. The molecule has 0 radical (unpaired) electrons. The average molecular weight is 270 g/mol. The molecule has 2 amide bonds. The molecular formula is C13H22N2O4. The largest absolute Gasteiger partial charge is 0.481 e. The van der Waals surface area contributed by atoms with Crippen LogP contribution in [0, 0.1) is 5.92 Å². The van der Waals surface area contributed by atoms with Crippen molar-refractivity contribution in [2.24, 2.45) is 5.92 Å². The zero-order valence-corrected chi connectivity index (χ0v) is 11.3. The molecule has 0 aliphatic carbocycles. The van der Waals surface area contributed by atoms with E-state index >= 15 is 0 Å². The fraction of sp³-hybridized carbons (Fsp3) is 0.846. The Morgan fingerprint density at radius 1 is 1.32 bits per heavy atom. The van der Waals surface area contributed by atoms with Crippen molar-refractivity contribution in [1.82, 2.24) is 10.2 Å². The number of rotatable bonds is 3. The van der Waals surface area contributed by atoms with E-state index in [9.17, 15) is 9.59 Å². The molecule has 0 bridgehead atoms. The van der Waals surface area contributed by atoms with Crippen molar-refractivity contribution in [2.45, 2.75) is 44.8 Å². The van der Waals surface area contributed by atoms with Crippen LogP contribution in [-0.2, 0) is 9.53 Å². The number of ether oxygens (including phenoxy) is 1. The van der Waals surface area contributed by atoms with Crippen molar-refractivity contribution in [1.29, 1.82) is 0 Å². The number of aliphatic carboxylic acids is 1. The van der Waals surface area contributed by atoms with Gasteiger partial charge in [-0.25, -0.2) is 4.79 Å². The van der Waals surface area contributed by atoms with Gasteiger partial charge in [-0.05, 0) is 25.7 Å². The Hall–Kier alpha value is -1.30. The minimum Gasteiger partial charge on any atom is -0.481 e. The summed E-state index contributed by atoms with van der Waals surface area (Å²) in [4.78, 5) is 24.7. The summed E-state index contributed by atoms with van der Waals surface area (Å²) in [7, 11) is 0. The third-order valence-electron chi connectivity index (χ3n) is 4.05. The van der Waals surface area contributed by atoms with E-state index in [4.69, 9.17) is 9.84 Å². The normalized spacial score (nSPS) is 28.4. The number of hydrogen-bond donors (Lipinski definition) is 2. The van der Waals surface area contributed by atoms with E-state index < -0.39 is 5.97 Å². The van der Waals surface area contributed by atoms with Crippen molar-refractivity contribution in [3.8, 4) is 0 Å². The van der Waals surface area contributed by atoms with Gasteiger partial charge >= 0.3 is 12.0 Å². The Balaban J connectivity index is 1.80. The molecule has 6 heteroatoms. The van der Waals surface area contributed by atoms with E-state index in [2.05, 4.69) is 5.32 Å². The van der Waals surface area contributed by atoms with Crippen LogP contribution >= 0.6 is 0 Å². The average Bonchev–Trinajstić information content (AvgIpc) is 2.86. The van der Waals surface area contributed by atoms with Gasteiger partial charge in [-0.3, -0.25) is 4.79 Å². The number of nitrogens with one attached hydrogen (secondary N) is 1. The number of nitrogens with zero attached hydrogens (tertiary/aromatic N) is 1. The molecule has 108 valence electrons. The molecule has 19 heavy (non-hydrogen) atoms. The van der Waals surface area contributed by atoms with Crippen LogP contribution < -0.4 is 5.32 Å². The quantitative estimate of drug-likeness (QED) is 0.803. The van der Waals surface area contributed by atoms with Gasteiger partial charge < -0.3 is 20.1 Å². The molecular weight excluding hydrogens is 248 g/mol. The van der Waals surface area contributed by atoms with Crippen molar-refractivity contribution < 1.29 is 19.4 Å². The summed E-state index contributed by atoms with van der Waals surface area (Å²) >= 11 is 0. The second kappa shape index (κ2) is 6.23. The smallest absolute Gasteiger partial charge is 0.317 e. The zero-order valence-electron chi connectivity index (χ0n) is 11.3. The first kappa shape index (κ1) is 14.1. The maximum atomic E-state index is 12.1. The molecule has 6 nitrogen and oxygen atoms in total. The molecule has 0 spiro atoms. The SMILES string of the molecule is CC[C@@H]1OCC[C@H]1NC(=O)N1CCC(C(=O)O)CC1. The van der Waals surface area contributed by atoms with Gasteiger partial charge in [0.2, 0.25) is 0 Å². The number of amides is 2. The van der Waals surface area contributed by atoms with Crippen LogP contribution in [0.25, 0.3) is 0 Å². The lowest BCUT2D eigenvalue weighted by atomic mass is 9.97. The maximum Gasteiger partial charge on any atom is 0.317 e. The summed E-state index contributed by atoms with van der Waals surface area (Å²) in [6, 6.07) is 0.00693. The highest BCUT2D eigenvalue weighted by atomic mass is 16.5. The third kappa shape index (κ3) is 3.37. The molecule has 0 saturated carbocycles. The second-order valence-corrected chi connectivity index (χ2v) is 5.26. The van der Waals surface area contributed by atoms with Crippen LogP contribution in [0.3, 0.4) is 0 Å². The van der Waals surface area contributed by atoms with Crippen LogP contribution in [0.5, 0.6) is 0 Å². The van der Waals surface area contributed by atoms with Gasteiger partial charge in [0.15, 0.2) is 0 Å². The summed E-state index contributed by atoms with van der Waals surface area (Å²) in [6.07, 6.45) is 2.95. The summed E-state index contributed by atoms with van der Waals surface area (Å²) in [5.74, 6) is -1.06. The molecule has 0 unspecified atom stereocenters. The van der Waals surface area contributed by atoms with Gasteiger partial charge in [-0.2, -0.15) is 0 Å². The standard InChI is InChI=1S/C13H22N2O4/c1-2-11-10(5-8-19-11)14-13(18)15-6-3-9(4-7-15)12(16)17/h9-11H,2-8H2,1H3,(H,14,18)(H,16,17)/t10-,11+/m1/s1. The summed E-state index contributed by atoms with van der Waals surface area (Å²) in [5, 5.41) is 11.9. The molecule has 2 rings (SSSR count). The Kier molecular flexibility index (Phi) is 4.63. The first-order valence-corrected chi connectivity index (χ1v) is 7.01. The monoisotopic (exact) mass is 270 g/mol. The lowest BCUT2D eigenvalue weighted by Gasteiger charge is -2.31. The molecule has 2 heterocycles. The number of piperidine rings is 1. The minimum absolute atomic E-state index is 0.0854. The van der Waals surface area contributed by atoms with Gasteiger partial charge in [-0.1, -0.05) is 6.92 Å². The van der Waals surface area contributed by atoms with E-state index in [1.165, 1.54) is 0 Å². The van der Waals surface area contributed by atoms with Crippen LogP contribution in [0.1, 0.15) is 32.6 Å². The number of carbonyl (C=O) groups excluding carboxylic acids is 1. The zero-order chi connectivity index (χ0) is 13.8. The van der Waals surface area contributed by atoms with Crippen molar-refractivity contribution in [2.75, 3.05) is 19.7 Å². The Bertz CT molecular complexity index is 340. The molecule has 2 fully saturated rings. The first-order chi connectivity index (χ1) is 9.11. The molecule has 2 saturated heterocycles. The van der Waals surface area contributed by atoms with Crippen molar-refractivity contribution >= 4 is 12.0 Å². The topological polar surface area (TPSA) is 78.9 Å². The number of likely N-dealkylation sites (tertiary alicyclic amines) is 1. The first-order valence-electron chi connectivity index (χ1n) is 7.01. The molecule has 0 aromatic heterocycles. The summed E-state index contributed by atoms with van der Waals surface area (Å²) in [6.45, 7) is 3.79. The van der Waals surface area contributed by atoms with E-state index in [0.717, 1.165) is 12.8 Å². The Morgan fingerprint density at radius 2 is 2.00 bits per heavy atom. The molecule has 2 N–H and O–H groups in total. The third-order valence-corrected chi connectivity index (χ3v) is 4.05. The van der Waals surface area contributed by atoms with E-state index in [0.29, 0.717) is 32.5 Å². The lowest BCUT2D eigenvalue weighted by Crippen LogP contribution is -2.50. The summed E-state index contributed by atoms with van der Waals surface area (Å²) in [5.41, 5.74) is 0. The predicted molar refractivity (Wildman–Crippen MR) is 68.9 cm³/mol. The van der Waals surface area contributed by atoms with Crippen LogP contribution in [0.15, 0.2) is 0 Å². The molecule has 2 atom stereocenters. The van der Waals surface area contributed by atoms with Gasteiger partial charge in [0, 0.05) is 19.7 Å². The Labute approximate surface area is 113 Å². The van der Waals surface area contributed by atoms with Crippen LogP contribution in [0.2, 0.25) is 0 Å². The van der Waals surface area contributed by atoms with E-state index in [1.807, 2.05) is 6.92 Å². The van der Waals surface area contributed by atoms with Crippen molar-refractivity contribution in [3.05, 3.63) is 0 Å². The predicted octanol–water partition coefficient (Wildman–Crippen LogP) is 1.06. The number of carboxylic acid groups (broad SMARTS) is 1. The van der Waals surface area contributed by atoms with Gasteiger partial charge in [0.25, 0.3) is 0 Å². The summed E-state index contributed by atoms with van der Waals surface area (Å²) < 4.78 is 5.54. The van der Waals surface area contributed by atoms with E-state index in [-0.39, 0.29) is 24.1 Å². The molecule has 0 aromatic rings. The van der Waals surface area contributed by atoms with Gasteiger partial charge in [0.1, 0.15) is 0 Å². The maximum absolute atomic E-state index is 12.1. The van der Waals surface area contributed by atoms with Gasteiger partial charge in [-0.15, -0.1) is 0 Å². The highest BCUT2D eigenvalue weighted by molar-refractivity contribution is 5.75. The molecule has 2 aliphatic rings. The van der Waals surface area contributed by atoms with Gasteiger partial charge in [0.05, 0.1) is 18.1 Å². The highest BCUT2D eigenvalue weighted by Crippen LogP contribution is 2.19. The number of carboxylic acids is 1.